The molecule has 3 rings (SSSR count). The van der Waals surface area contributed by atoms with E-state index in [4.69, 9.17) is 4.42 Å². The largest absolute Gasteiger partial charge is 0.478 e. The van der Waals surface area contributed by atoms with Crippen molar-refractivity contribution in [1.82, 2.24) is 0 Å². The van der Waals surface area contributed by atoms with E-state index in [2.05, 4.69) is 4.74 Å². The normalized spacial score (nSPS) is 11.3. The van der Waals surface area contributed by atoms with Crippen molar-refractivity contribution >= 4 is 33.6 Å². The molecule has 9 heteroatoms. The first-order valence-electron chi connectivity index (χ1n) is 6.20. The molecule has 1 N–H and O–H groups in total. The Labute approximate surface area is 125 Å². The zero-order chi connectivity index (χ0) is 16.7. The average molecular weight is 323 g/mol. The number of carboxylic acid groups (broad SMARTS) is 1. The summed E-state index contributed by atoms with van der Waals surface area (Å²) in [6.07, 6.45) is 0. The Morgan fingerprint density at radius 1 is 1.26 bits per heavy atom. The molecule has 0 aliphatic heterocycles. The summed E-state index contributed by atoms with van der Waals surface area (Å²) in [5.74, 6) is -2.06. The highest BCUT2D eigenvalue weighted by atomic mass is 19.3. The van der Waals surface area contributed by atoms with E-state index in [0.29, 0.717) is 0 Å². The number of nitro groups is 1. The lowest BCUT2D eigenvalue weighted by atomic mass is 10.0. The maximum atomic E-state index is 12.4. The highest BCUT2D eigenvalue weighted by molar-refractivity contribution is 6.16. The van der Waals surface area contributed by atoms with Crippen molar-refractivity contribution < 1.29 is 32.8 Å². The van der Waals surface area contributed by atoms with Crippen LogP contribution in [0.3, 0.4) is 0 Å². The van der Waals surface area contributed by atoms with Crippen LogP contribution in [0.4, 0.5) is 14.5 Å². The topological polar surface area (TPSA) is 103 Å². The number of non-ortho nitro benzene ring substituents is 1. The van der Waals surface area contributed by atoms with Crippen molar-refractivity contribution in [2.24, 2.45) is 0 Å². The first kappa shape index (κ1) is 14.7. The van der Waals surface area contributed by atoms with Gasteiger partial charge in [0.25, 0.3) is 5.69 Å². The van der Waals surface area contributed by atoms with Crippen LogP contribution < -0.4 is 4.74 Å². The van der Waals surface area contributed by atoms with Crippen LogP contribution in [0, 0.1) is 10.1 Å². The van der Waals surface area contributed by atoms with Crippen LogP contribution in [0.5, 0.6) is 5.75 Å². The van der Waals surface area contributed by atoms with Crippen LogP contribution in [0.25, 0.3) is 21.9 Å². The predicted octanol–water partition coefficient (Wildman–Crippen LogP) is 3.79. The van der Waals surface area contributed by atoms with Gasteiger partial charge in [-0.2, -0.15) is 8.78 Å². The molecular formula is C14H7F2NO6. The molecule has 0 spiro atoms. The quantitative estimate of drug-likeness (QED) is 0.578. The molecule has 0 aliphatic rings. The number of benzene rings is 2. The third-order valence-electron chi connectivity index (χ3n) is 3.22. The number of carboxylic acids is 1. The Morgan fingerprint density at radius 2 is 1.96 bits per heavy atom. The smallest absolute Gasteiger partial charge is 0.387 e. The summed E-state index contributed by atoms with van der Waals surface area (Å²) in [5, 5.41) is 20.3. The van der Waals surface area contributed by atoms with Gasteiger partial charge >= 0.3 is 12.6 Å². The van der Waals surface area contributed by atoms with Crippen molar-refractivity contribution in [3.05, 3.63) is 46.0 Å². The third kappa shape index (κ3) is 2.41. The van der Waals surface area contributed by atoms with Gasteiger partial charge in [0.05, 0.1) is 4.92 Å². The summed E-state index contributed by atoms with van der Waals surface area (Å²) in [7, 11) is 0. The maximum absolute atomic E-state index is 12.4. The Kier molecular flexibility index (Phi) is 3.32. The number of halogens is 2. The third-order valence-corrected chi connectivity index (χ3v) is 3.22. The minimum absolute atomic E-state index is 0.0330. The first-order chi connectivity index (χ1) is 10.9. The fourth-order valence-corrected chi connectivity index (χ4v) is 2.36. The molecule has 0 radical (unpaired) electrons. The van der Waals surface area contributed by atoms with E-state index in [0.717, 1.165) is 12.1 Å². The van der Waals surface area contributed by atoms with E-state index in [9.17, 15) is 28.8 Å². The molecule has 2 aromatic carbocycles. The van der Waals surface area contributed by atoms with E-state index in [1.54, 1.807) is 0 Å². The number of rotatable bonds is 4. The van der Waals surface area contributed by atoms with E-state index in [-0.39, 0.29) is 27.6 Å². The van der Waals surface area contributed by atoms with E-state index in [1.807, 2.05) is 0 Å². The molecule has 1 aromatic heterocycles. The fraction of sp³-hybridized carbons (Fsp3) is 0.0714. The number of aromatic carboxylic acids is 1. The van der Waals surface area contributed by atoms with Gasteiger partial charge in [-0.15, -0.1) is 0 Å². The molecule has 3 aromatic rings. The minimum atomic E-state index is -3.21. The molecule has 7 nitrogen and oxygen atoms in total. The Morgan fingerprint density at radius 3 is 2.57 bits per heavy atom. The molecule has 0 unspecified atom stereocenters. The summed E-state index contributed by atoms with van der Waals surface area (Å²) in [6, 6.07) is 5.95. The molecule has 0 aliphatic carbocycles. The number of nitro benzene ring substituents is 1. The van der Waals surface area contributed by atoms with Crippen molar-refractivity contribution in [3.63, 3.8) is 0 Å². The van der Waals surface area contributed by atoms with Crippen molar-refractivity contribution in [2.45, 2.75) is 6.61 Å². The molecule has 0 atom stereocenters. The average Bonchev–Trinajstić information content (AvgIpc) is 2.83. The zero-order valence-electron chi connectivity index (χ0n) is 11.2. The molecule has 23 heavy (non-hydrogen) atoms. The van der Waals surface area contributed by atoms with Gasteiger partial charge in [-0.25, -0.2) is 4.79 Å². The van der Waals surface area contributed by atoms with Crippen LogP contribution in [0.1, 0.15) is 10.4 Å². The number of furan rings is 1. The lowest BCUT2D eigenvalue weighted by molar-refractivity contribution is -0.384. The van der Waals surface area contributed by atoms with Crippen LogP contribution in [0.15, 0.2) is 34.7 Å². The number of nitrogens with zero attached hydrogens (tertiary/aromatic N) is 1. The summed E-state index contributed by atoms with van der Waals surface area (Å²) < 4.78 is 34.5. The lowest BCUT2D eigenvalue weighted by Gasteiger charge is -2.08. The van der Waals surface area contributed by atoms with E-state index < -0.39 is 28.8 Å². The highest BCUT2D eigenvalue weighted by Crippen LogP contribution is 2.37. The van der Waals surface area contributed by atoms with Crippen LogP contribution >= 0.6 is 0 Å². The second kappa shape index (κ2) is 5.20. The number of hydrogen-bond acceptors (Lipinski definition) is 5. The summed E-state index contributed by atoms with van der Waals surface area (Å²) in [6.45, 7) is -3.21. The second-order valence-electron chi connectivity index (χ2n) is 4.54. The number of hydrogen-bond donors (Lipinski definition) is 1. The van der Waals surface area contributed by atoms with Crippen LogP contribution in [0.2, 0.25) is 0 Å². The standard InChI is InChI=1S/C14H7F2NO6/c15-14(16)23-10-4-3-9-11(12(10)13(18)19)7-5-6(17(20)21)1-2-8(7)22-9/h1-5,14H,(H,18,19). The Balaban J connectivity index is 2.40. The van der Waals surface area contributed by atoms with Crippen molar-refractivity contribution in [1.29, 1.82) is 0 Å². The lowest BCUT2D eigenvalue weighted by Crippen LogP contribution is -2.08. The van der Waals surface area contributed by atoms with E-state index >= 15 is 0 Å². The monoisotopic (exact) mass is 323 g/mol. The molecule has 118 valence electrons. The van der Waals surface area contributed by atoms with Crippen LogP contribution in [-0.2, 0) is 0 Å². The van der Waals surface area contributed by atoms with Crippen molar-refractivity contribution in [2.75, 3.05) is 0 Å². The van der Waals surface area contributed by atoms with E-state index in [1.165, 1.54) is 18.2 Å². The summed E-state index contributed by atoms with van der Waals surface area (Å²) in [5.41, 5.74) is -0.527. The van der Waals surface area contributed by atoms with Crippen LogP contribution in [-0.4, -0.2) is 22.6 Å². The van der Waals surface area contributed by atoms with Gasteiger partial charge in [-0.1, -0.05) is 0 Å². The molecule has 0 bridgehead atoms. The van der Waals surface area contributed by atoms with Gasteiger partial charge < -0.3 is 14.3 Å². The molecule has 0 saturated carbocycles. The highest BCUT2D eigenvalue weighted by Gasteiger charge is 2.23. The molecule has 1 heterocycles. The zero-order valence-corrected chi connectivity index (χ0v) is 11.2. The van der Waals surface area contributed by atoms with Gasteiger partial charge in [0.15, 0.2) is 0 Å². The minimum Gasteiger partial charge on any atom is -0.478 e. The first-order valence-corrected chi connectivity index (χ1v) is 6.20. The molecule has 0 amide bonds. The van der Waals surface area contributed by atoms with Gasteiger partial charge in [0, 0.05) is 22.9 Å². The number of alkyl halides is 2. The Hall–Kier alpha value is -3.23. The Bertz CT molecular complexity index is 949. The molecule has 0 saturated heterocycles. The maximum Gasteiger partial charge on any atom is 0.387 e. The van der Waals surface area contributed by atoms with Gasteiger partial charge in [0.2, 0.25) is 0 Å². The van der Waals surface area contributed by atoms with Gasteiger partial charge in [-0.3, -0.25) is 10.1 Å². The number of carbonyl (C=O) groups is 1. The second-order valence-corrected chi connectivity index (χ2v) is 4.54. The number of fused-ring (bicyclic) bond motifs is 3. The number of ether oxygens (including phenoxy) is 1. The van der Waals surface area contributed by atoms with Gasteiger partial charge in [-0.05, 0) is 18.2 Å². The summed E-state index contributed by atoms with van der Waals surface area (Å²) >= 11 is 0. The SMILES string of the molecule is O=C(O)c1c(OC(F)F)ccc2oc3ccc([N+](=O)[O-])cc3c12. The fourth-order valence-electron chi connectivity index (χ4n) is 2.36. The predicted molar refractivity (Wildman–Crippen MR) is 74.0 cm³/mol. The van der Waals surface area contributed by atoms with Gasteiger partial charge in [0.1, 0.15) is 22.5 Å². The molecular weight excluding hydrogens is 316 g/mol. The summed E-state index contributed by atoms with van der Waals surface area (Å²) in [4.78, 5) is 21.7. The van der Waals surface area contributed by atoms with Crippen molar-refractivity contribution in [3.8, 4) is 5.75 Å². The molecule has 0 fully saturated rings.